The molecule has 0 unspecified atom stereocenters. The standard InChI is InChI=1S/C20H21N3O/c1-14-5-2-3-7-16(14)17-8-4-6-15-13-18(20(21)22-19(15)17)23-9-11-24-12-10-23/h2-8,13H,9-12H2,1H3,(H2,21,22). The summed E-state index contributed by atoms with van der Waals surface area (Å²) in [5, 5.41) is 1.12. The number of hydrogen-bond donors (Lipinski definition) is 1. The number of nitrogens with two attached hydrogens (primary N) is 1. The Bertz CT molecular complexity index is 885. The van der Waals surface area contributed by atoms with Gasteiger partial charge in [0, 0.05) is 24.0 Å². The van der Waals surface area contributed by atoms with Crippen LogP contribution in [0.4, 0.5) is 11.5 Å². The van der Waals surface area contributed by atoms with E-state index in [-0.39, 0.29) is 0 Å². The molecule has 0 saturated carbocycles. The molecule has 4 rings (SSSR count). The van der Waals surface area contributed by atoms with Gasteiger partial charge >= 0.3 is 0 Å². The van der Waals surface area contributed by atoms with E-state index >= 15 is 0 Å². The zero-order valence-corrected chi connectivity index (χ0v) is 13.8. The van der Waals surface area contributed by atoms with Gasteiger partial charge in [0.2, 0.25) is 0 Å². The minimum atomic E-state index is 0.588. The maximum atomic E-state index is 6.31. The molecule has 1 saturated heterocycles. The highest BCUT2D eigenvalue weighted by Gasteiger charge is 2.17. The predicted molar refractivity (Wildman–Crippen MR) is 99.4 cm³/mol. The Hall–Kier alpha value is -2.59. The average molecular weight is 319 g/mol. The zero-order chi connectivity index (χ0) is 16.5. The van der Waals surface area contributed by atoms with E-state index in [0.29, 0.717) is 5.82 Å². The predicted octanol–water partition coefficient (Wildman–Crippen LogP) is 3.63. The highest BCUT2D eigenvalue weighted by Crippen LogP contribution is 2.34. The summed E-state index contributed by atoms with van der Waals surface area (Å²) in [6.07, 6.45) is 0. The van der Waals surface area contributed by atoms with Crippen LogP contribution in [0.25, 0.3) is 22.0 Å². The van der Waals surface area contributed by atoms with Gasteiger partial charge < -0.3 is 15.4 Å². The third-order valence-corrected chi connectivity index (χ3v) is 4.64. The van der Waals surface area contributed by atoms with Crippen molar-refractivity contribution in [2.75, 3.05) is 36.9 Å². The molecule has 24 heavy (non-hydrogen) atoms. The number of fused-ring (bicyclic) bond motifs is 1. The molecule has 0 bridgehead atoms. The minimum absolute atomic E-state index is 0.588. The quantitative estimate of drug-likeness (QED) is 0.783. The van der Waals surface area contributed by atoms with Gasteiger partial charge in [-0.2, -0.15) is 0 Å². The second-order valence-corrected chi connectivity index (χ2v) is 6.18. The number of ether oxygens (including phenoxy) is 1. The van der Waals surface area contributed by atoms with Crippen LogP contribution in [0, 0.1) is 6.92 Å². The van der Waals surface area contributed by atoms with Crippen molar-refractivity contribution in [2.24, 2.45) is 0 Å². The highest BCUT2D eigenvalue weighted by atomic mass is 16.5. The van der Waals surface area contributed by atoms with Gasteiger partial charge in [-0.05, 0) is 24.1 Å². The molecule has 0 spiro atoms. The Labute approximate surface area is 141 Å². The first-order valence-corrected chi connectivity index (χ1v) is 8.32. The van der Waals surface area contributed by atoms with Gasteiger partial charge in [0.05, 0.1) is 24.4 Å². The molecule has 0 amide bonds. The number of aromatic nitrogens is 1. The summed E-state index contributed by atoms with van der Waals surface area (Å²) in [4.78, 5) is 7.02. The van der Waals surface area contributed by atoms with Crippen LogP contribution in [-0.4, -0.2) is 31.3 Å². The Morgan fingerprint density at radius 1 is 1.00 bits per heavy atom. The van der Waals surface area contributed by atoms with Crippen molar-refractivity contribution >= 4 is 22.4 Å². The lowest BCUT2D eigenvalue weighted by molar-refractivity contribution is 0.123. The fraction of sp³-hybridized carbons (Fsp3) is 0.250. The fourth-order valence-electron chi connectivity index (χ4n) is 3.35. The second kappa shape index (κ2) is 6.13. The summed E-state index contributed by atoms with van der Waals surface area (Å²) in [5.41, 5.74) is 11.8. The summed E-state index contributed by atoms with van der Waals surface area (Å²) in [7, 11) is 0. The van der Waals surface area contributed by atoms with Crippen molar-refractivity contribution in [2.45, 2.75) is 6.92 Å². The van der Waals surface area contributed by atoms with Crippen molar-refractivity contribution < 1.29 is 4.74 Å². The monoisotopic (exact) mass is 319 g/mol. The summed E-state index contributed by atoms with van der Waals surface area (Å²) in [5.74, 6) is 0.588. The molecule has 122 valence electrons. The van der Waals surface area contributed by atoms with E-state index in [2.05, 4.69) is 60.4 Å². The fourth-order valence-corrected chi connectivity index (χ4v) is 3.35. The molecule has 0 aliphatic carbocycles. The van der Waals surface area contributed by atoms with Crippen molar-refractivity contribution in [3.8, 4) is 11.1 Å². The van der Waals surface area contributed by atoms with Crippen LogP contribution in [0.2, 0.25) is 0 Å². The van der Waals surface area contributed by atoms with Crippen LogP contribution in [0.5, 0.6) is 0 Å². The van der Waals surface area contributed by atoms with Crippen LogP contribution in [0.1, 0.15) is 5.56 Å². The molecule has 0 radical (unpaired) electrons. The lowest BCUT2D eigenvalue weighted by atomic mass is 9.98. The Morgan fingerprint density at radius 3 is 2.54 bits per heavy atom. The molecule has 0 atom stereocenters. The maximum absolute atomic E-state index is 6.31. The van der Waals surface area contributed by atoms with Gasteiger partial charge in [0.15, 0.2) is 0 Å². The van der Waals surface area contributed by atoms with Crippen LogP contribution in [-0.2, 0) is 4.74 Å². The van der Waals surface area contributed by atoms with E-state index in [0.717, 1.165) is 48.5 Å². The van der Waals surface area contributed by atoms with Crippen LogP contribution >= 0.6 is 0 Å². The number of nitrogens with zero attached hydrogens (tertiary/aromatic N) is 2. The third kappa shape index (κ3) is 2.59. The van der Waals surface area contributed by atoms with Crippen LogP contribution in [0.15, 0.2) is 48.5 Å². The minimum Gasteiger partial charge on any atom is -0.382 e. The smallest absolute Gasteiger partial charge is 0.147 e. The average Bonchev–Trinajstić information content (AvgIpc) is 2.62. The lowest BCUT2D eigenvalue weighted by Gasteiger charge is -2.29. The molecule has 4 heteroatoms. The first kappa shape index (κ1) is 15.0. The van der Waals surface area contributed by atoms with Gasteiger partial charge in [0.25, 0.3) is 0 Å². The molecule has 2 N–H and O–H groups in total. The van der Waals surface area contributed by atoms with Gasteiger partial charge in [-0.15, -0.1) is 0 Å². The van der Waals surface area contributed by atoms with Crippen molar-refractivity contribution in [1.82, 2.24) is 4.98 Å². The number of para-hydroxylation sites is 1. The van der Waals surface area contributed by atoms with E-state index < -0.39 is 0 Å². The lowest BCUT2D eigenvalue weighted by Crippen LogP contribution is -2.36. The molecular weight excluding hydrogens is 298 g/mol. The van der Waals surface area contributed by atoms with Gasteiger partial charge in [0.1, 0.15) is 5.82 Å². The molecule has 3 aromatic rings. The third-order valence-electron chi connectivity index (χ3n) is 4.64. The zero-order valence-electron chi connectivity index (χ0n) is 13.8. The number of nitrogen functional groups attached to an aromatic ring is 1. The Kier molecular flexibility index (Phi) is 3.82. The van der Waals surface area contributed by atoms with E-state index in [1.807, 2.05) is 0 Å². The second-order valence-electron chi connectivity index (χ2n) is 6.18. The number of anilines is 2. The Morgan fingerprint density at radius 2 is 1.75 bits per heavy atom. The maximum Gasteiger partial charge on any atom is 0.147 e. The molecule has 1 aliphatic rings. The molecule has 1 aromatic heterocycles. The SMILES string of the molecule is Cc1ccccc1-c1cccc2cc(N3CCOCC3)c(N)nc12. The molecule has 2 heterocycles. The largest absolute Gasteiger partial charge is 0.382 e. The van der Waals surface area contributed by atoms with E-state index in [9.17, 15) is 0 Å². The number of rotatable bonds is 2. The number of hydrogen-bond acceptors (Lipinski definition) is 4. The molecular formula is C20H21N3O. The van der Waals surface area contributed by atoms with Crippen LogP contribution in [0.3, 0.4) is 0 Å². The number of benzene rings is 2. The first-order valence-electron chi connectivity index (χ1n) is 8.32. The summed E-state index contributed by atoms with van der Waals surface area (Å²) in [6, 6.07) is 16.8. The first-order chi connectivity index (χ1) is 11.7. The normalized spacial score (nSPS) is 15.0. The van der Waals surface area contributed by atoms with E-state index in [4.69, 9.17) is 15.5 Å². The van der Waals surface area contributed by atoms with Crippen molar-refractivity contribution in [1.29, 1.82) is 0 Å². The van der Waals surface area contributed by atoms with Gasteiger partial charge in [-0.25, -0.2) is 4.98 Å². The molecule has 2 aromatic carbocycles. The van der Waals surface area contributed by atoms with Gasteiger partial charge in [-0.1, -0.05) is 42.5 Å². The number of morpholine rings is 1. The highest BCUT2D eigenvalue weighted by molar-refractivity contribution is 5.97. The van der Waals surface area contributed by atoms with E-state index in [1.54, 1.807) is 0 Å². The Balaban J connectivity index is 1.87. The summed E-state index contributed by atoms with van der Waals surface area (Å²) >= 11 is 0. The number of aryl methyl sites for hydroxylation is 1. The molecule has 1 fully saturated rings. The summed E-state index contributed by atoms with van der Waals surface area (Å²) in [6.45, 7) is 5.31. The molecule has 4 nitrogen and oxygen atoms in total. The van der Waals surface area contributed by atoms with Crippen molar-refractivity contribution in [3.05, 3.63) is 54.1 Å². The van der Waals surface area contributed by atoms with Gasteiger partial charge in [-0.3, -0.25) is 0 Å². The van der Waals surface area contributed by atoms with Crippen molar-refractivity contribution in [3.63, 3.8) is 0 Å². The number of pyridine rings is 1. The molecule has 1 aliphatic heterocycles. The topological polar surface area (TPSA) is 51.4 Å². The summed E-state index contributed by atoms with van der Waals surface area (Å²) < 4.78 is 5.44. The van der Waals surface area contributed by atoms with E-state index in [1.165, 1.54) is 11.1 Å². The van der Waals surface area contributed by atoms with Crippen LogP contribution < -0.4 is 10.6 Å².